The summed E-state index contributed by atoms with van der Waals surface area (Å²) in [4.78, 5) is 29.1. The highest BCUT2D eigenvalue weighted by Gasteiger charge is 2.18. The summed E-state index contributed by atoms with van der Waals surface area (Å²) >= 11 is 0.943. The van der Waals surface area contributed by atoms with Gasteiger partial charge >= 0.3 is 0 Å². The topological polar surface area (TPSA) is 84.2 Å². The molecular weight excluding hydrogens is 429 g/mol. The van der Waals surface area contributed by atoms with Crippen LogP contribution in [0.25, 0.3) is 16.5 Å². The number of nitrogens with zero attached hydrogens (tertiary/aromatic N) is 2. The second-order valence-electron chi connectivity index (χ2n) is 7.47. The maximum absolute atomic E-state index is 14.3. The lowest BCUT2D eigenvalue weighted by molar-refractivity contribution is -0.113. The van der Waals surface area contributed by atoms with Crippen molar-refractivity contribution in [2.75, 3.05) is 11.1 Å². The van der Waals surface area contributed by atoms with Crippen molar-refractivity contribution in [2.45, 2.75) is 18.0 Å². The second kappa shape index (κ2) is 8.12. The summed E-state index contributed by atoms with van der Waals surface area (Å²) in [6.07, 6.45) is 1.99. The van der Waals surface area contributed by atoms with Gasteiger partial charge in [0, 0.05) is 11.1 Å². The molecule has 1 aromatic heterocycles. The van der Waals surface area contributed by atoms with Crippen LogP contribution in [0.1, 0.15) is 11.1 Å². The number of amides is 1. The number of hydrogen-bond acceptors (Lipinski definition) is 5. The van der Waals surface area contributed by atoms with Gasteiger partial charge in [-0.25, -0.2) is 4.39 Å². The van der Waals surface area contributed by atoms with E-state index < -0.39 is 17.3 Å². The number of carbonyl (C=O) groups is 1. The predicted molar refractivity (Wildman–Crippen MR) is 122 cm³/mol. The first-order valence-electron chi connectivity index (χ1n) is 10.1. The van der Waals surface area contributed by atoms with Crippen molar-refractivity contribution in [3.63, 3.8) is 0 Å². The van der Waals surface area contributed by atoms with Crippen LogP contribution >= 0.6 is 11.8 Å². The number of halogens is 1. The van der Waals surface area contributed by atoms with Gasteiger partial charge in [-0.05, 0) is 47.6 Å². The molecule has 1 aliphatic rings. The third kappa shape index (κ3) is 3.62. The quantitative estimate of drug-likeness (QED) is 0.356. The Morgan fingerprint density at radius 1 is 1.09 bits per heavy atom. The normalized spacial score (nSPS) is 12.3. The molecule has 0 aliphatic heterocycles. The third-order valence-corrected chi connectivity index (χ3v) is 6.39. The highest BCUT2D eigenvalue weighted by Crippen LogP contribution is 2.35. The van der Waals surface area contributed by atoms with Gasteiger partial charge in [-0.2, -0.15) is 4.98 Å². The number of aryl methyl sites for hydroxylation is 2. The monoisotopic (exact) mass is 447 g/mol. The van der Waals surface area contributed by atoms with Crippen LogP contribution in [-0.2, 0) is 17.6 Å². The molecule has 2 N–H and O–H groups in total. The molecule has 1 amide bonds. The number of aromatic nitrogens is 2. The summed E-state index contributed by atoms with van der Waals surface area (Å²) in [5.74, 6) is -1.47. The lowest BCUT2D eigenvalue weighted by Gasteiger charge is -2.13. The average Bonchev–Trinajstić information content (AvgIpc) is 3.19. The first-order chi connectivity index (χ1) is 15.5. The molecule has 3 aromatic carbocycles. The molecule has 0 fully saturated rings. The van der Waals surface area contributed by atoms with Crippen molar-refractivity contribution >= 4 is 34.1 Å². The van der Waals surface area contributed by atoms with Gasteiger partial charge in [0.2, 0.25) is 11.8 Å². The van der Waals surface area contributed by atoms with E-state index in [1.807, 2.05) is 24.3 Å². The number of thioether (sulfide) groups is 1. The largest absolute Gasteiger partial charge is 0.493 e. The van der Waals surface area contributed by atoms with Crippen molar-refractivity contribution in [3.05, 3.63) is 88.0 Å². The molecule has 4 aromatic rings. The Hall–Kier alpha value is -3.65. The summed E-state index contributed by atoms with van der Waals surface area (Å²) in [7, 11) is 0. The van der Waals surface area contributed by atoms with Crippen molar-refractivity contribution in [2.24, 2.45) is 0 Å². The molecule has 1 aliphatic carbocycles. The summed E-state index contributed by atoms with van der Waals surface area (Å²) in [5.41, 5.74) is 2.63. The molecule has 0 spiro atoms. The smallest absolute Gasteiger partial charge is 0.262 e. The number of rotatable bonds is 5. The average molecular weight is 447 g/mol. The van der Waals surface area contributed by atoms with Crippen molar-refractivity contribution in [1.82, 2.24) is 9.55 Å². The number of benzene rings is 3. The lowest BCUT2D eigenvalue weighted by Crippen LogP contribution is -2.22. The Balaban J connectivity index is 1.41. The van der Waals surface area contributed by atoms with E-state index in [0.29, 0.717) is 5.69 Å². The zero-order valence-corrected chi connectivity index (χ0v) is 17.7. The summed E-state index contributed by atoms with van der Waals surface area (Å²) in [6, 6.07) is 16.7. The lowest BCUT2D eigenvalue weighted by atomic mass is 10.0. The van der Waals surface area contributed by atoms with Crippen molar-refractivity contribution in [1.29, 1.82) is 0 Å². The first kappa shape index (κ1) is 20.3. The third-order valence-electron chi connectivity index (χ3n) is 5.45. The van der Waals surface area contributed by atoms with E-state index in [1.165, 1.54) is 34.7 Å². The van der Waals surface area contributed by atoms with E-state index in [0.717, 1.165) is 40.6 Å². The first-order valence-corrected chi connectivity index (χ1v) is 11.0. The molecule has 0 atom stereocenters. The molecule has 0 saturated carbocycles. The zero-order chi connectivity index (χ0) is 22.2. The molecular formula is C24H18FN3O3S. The SMILES string of the molecule is O=C(CSc1nc(O)cc(=O)n1-c1ccccc1F)Nc1ccc2c3c(cccc13)CC2. The number of nitrogens with one attached hydrogen (secondary N) is 1. The van der Waals surface area contributed by atoms with Gasteiger partial charge in [-0.1, -0.05) is 48.2 Å². The van der Waals surface area contributed by atoms with E-state index in [-0.39, 0.29) is 22.5 Å². The van der Waals surface area contributed by atoms with Crippen LogP contribution < -0.4 is 10.9 Å². The van der Waals surface area contributed by atoms with E-state index in [2.05, 4.69) is 16.4 Å². The van der Waals surface area contributed by atoms with E-state index in [1.54, 1.807) is 6.07 Å². The minimum absolute atomic E-state index is 0.000381. The zero-order valence-electron chi connectivity index (χ0n) is 16.8. The van der Waals surface area contributed by atoms with Crippen molar-refractivity contribution < 1.29 is 14.3 Å². The van der Waals surface area contributed by atoms with E-state index in [9.17, 15) is 19.1 Å². The fraction of sp³-hybridized carbons (Fsp3) is 0.125. The summed E-state index contributed by atoms with van der Waals surface area (Å²) in [5, 5.41) is 14.9. The Morgan fingerprint density at radius 2 is 1.88 bits per heavy atom. The minimum Gasteiger partial charge on any atom is -0.493 e. The molecule has 0 radical (unpaired) electrons. The number of hydrogen-bond donors (Lipinski definition) is 2. The fourth-order valence-corrected chi connectivity index (χ4v) is 4.88. The van der Waals surface area contributed by atoms with Crippen LogP contribution in [0.4, 0.5) is 10.1 Å². The van der Waals surface area contributed by atoms with Crippen LogP contribution in [-0.4, -0.2) is 26.3 Å². The van der Waals surface area contributed by atoms with Crippen LogP contribution in [0.15, 0.2) is 70.6 Å². The number of anilines is 1. The number of para-hydroxylation sites is 1. The van der Waals surface area contributed by atoms with Crippen molar-refractivity contribution in [3.8, 4) is 11.6 Å². The van der Waals surface area contributed by atoms with Crippen LogP contribution in [0.2, 0.25) is 0 Å². The standard InChI is InChI=1S/C24H18FN3O3S/c25-17-6-1-2-7-19(17)28-22(31)12-20(29)27-24(28)32-13-21(30)26-18-11-10-15-9-8-14-4-3-5-16(18)23(14)15/h1-7,10-12,29H,8-9,13H2,(H,26,30). The molecule has 0 unspecified atom stereocenters. The molecule has 1 heterocycles. The van der Waals surface area contributed by atoms with Gasteiger partial charge in [0.25, 0.3) is 5.56 Å². The van der Waals surface area contributed by atoms with Crippen LogP contribution in [0, 0.1) is 5.82 Å². The maximum atomic E-state index is 14.3. The molecule has 160 valence electrons. The Bertz CT molecular complexity index is 1420. The van der Waals surface area contributed by atoms with Gasteiger partial charge < -0.3 is 10.4 Å². The van der Waals surface area contributed by atoms with Gasteiger partial charge in [0.1, 0.15) is 5.82 Å². The van der Waals surface area contributed by atoms with Gasteiger partial charge in [-0.15, -0.1) is 0 Å². The summed E-state index contributed by atoms with van der Waals surface area (Å²) in [6.45, 7) is 0. The Morgan fingerprint density at radius 3 is 2.69 bits per heavy atom. The maximum Gasteiger partial charge on any atom is 0.262 e. The highest BCUT2D eigenvalue weighted by molar-refractivity contribution is 7.99. The molecule has 0 saturated heterocycles. The predicted octanol–water partition coefficient (Wildman–Crippen LogP) is 4.06. The number of carbonyl (C=O) groups excluding carboxylic acids is 1. The van der Waals surface area contributed by atoms with E-state index >= 15 is 0 Å². The van der Waals surface area contributed by atoms with E-state index in [4.69, 9.17) is 0 Å². The molecule has 32 heavy (non-hydrogen) atoms. The van der Waals surface area contributed by atoms with Gasteiger partial charge in [-0.3, -0.25) is 14.2 Å². The minimum atomic E-state index is -0.641. The number of aromatic hydroxyl groups is 1. The van der Waals surface area contributed by atoms with Crippen LogP contribution in [0.5, 0.6) is 5.88 Å². The Kier molecular flexibility index (Phi) is 5.14. The highest BCUT2D eigenvalue weighted by atomic mass is 32.2. The Labute approximate surface area is 186 Å². The van der Waals surface area contributed by atoms with Gasteiger partial charge in [0.15, 0.2) is 5.16 Å². The van der Waals surface area contributed by atoms with Gasteiger partial charge in [0.05, 0.1) is 17.5 Å². The van der Waals surface area contributed by atoms with Crippen LogP contribution in [0.3, 0.4) is 0 Å². The molecule has 5 rings (SSSR count). The summed E-state index contributed by atoms with van der Waals surface area (Å²) < 4.78 is 15.3. The molecule has 6 nitrogen and oxygen atoms in total. The second-order valence-corrected chi connectivity index (χ2v) is 8.41. The molecule has 0 bridgehead atoms. The molecule has 8 heteroatoms. The fourth-order valence-electron chi connectivity index (χ4n) is 4.07.